The average Bonchev–Trinajstić information content (AvgIpc) is 2.80. The minimum Gasteiger partial charge on any atom is -0.465 e. The molecule has 4 nitrogen and oxygen atoms in total. The van der Waals surface area contributed by atoms with E-state index in [1.165, 1.54) is 57.8 Å². The first-order chi connectivity index (χ1) is 15.5. The third-order valence-electron chi connectivity index (χ3n) is 6.25. The molecule has 1 aromatic carbocycles. The van der Waals surface area contributed by atoms with E-state index in [1.807, 2.05) is 13.8 Å². The first kappa shape index (κ1) is 28.5. The Hall–Kier alpha value is -1.55. The first-order valence-electron chi connectivity index (χ1n) is 12.6. The van der Waals surface area contributed by atoms with Crippen molar-refractivity contribution < 1.29 is 19.1 Å². The number of carbonyl (C=O) groups is 2. The highest BCUT2D eigenvalue weighted by atomic mass is 35.5. The van der Waals surface area contributed by atoms with Crippen LogP contribution in [0.4, 0.5) is 0 Å². The normalized spacial score (nSPS) is 11.4. The van der Waals surface area contributed by atoms with Crippen LogP contribution in [-0.4, -0.2) is 18.5 Å². The quantitative estimate of drug-likeness (QED) is 0.125. The fraction of sp³-hybridized carbons (Fsp3) is 0.704. The van der Waals surface area contributed by atoms with E-state index in [0.29, 0.717) is 24.5 Å². The largest absolute Gasteiger partial charge is 0.465 e. The molecule has 0 amide bonds. The topological polar surface area (TPSA) is 52.6 Å². The summed E-state index contributed by atoms with van der Waals surface area (Å²) >= 11 is 5.89. The maximum absolute atomic E-state index is 12.8. The molecule has 0 fully saturated rings. The van der Waals surface area contributed by atoms with Crippen LogP contribution in [0.15, 0.2) is 24.3 Å². The lowest BCUT2D eigenvalue weighted by Crippen LogP contribution is -2.41. The number of carbonyl (C=O) groups excluding carboxylic acids is 2. The molecule has 0 saturated carbocycles. The van der Waals surface area contributed by atoms with Crippen LogP contribution in [0.3, 0.4) is 0 Å². The van der Waals surface area contributed by atoms with E-state index in [2.05, 4.69) is 6.92 Å². The van der Waals surface area contributed by atoms with Gasteiger partial charge in [0.05, 0.1) is 6.61 Å². The number of rotatable bonds is 18. The zero-order chi connectivity index (χ0) is 23.7. The molecule has 0 aliphatic heterocycles. The number of benzene rings is 1. The second-order valence-corrected chi connectivity index (χ2v) is 9.10. The molecule has 0 heterocycles. The van der Waals surface area contributed by atoms with Crippen molar-refractivity contribution in [3.05, 3.63) is 34.9 Å². The lowest BCUT2D eigenvalue weighted by Gasteiger charge is -2.27. The van der Waals surface area contributed by atoms with Crippen LogP contribution >= 0.6 is 11.6 Å². The van der Waals surface area contributed by atoms with E-state index >= 15 is 0 Å². The highest BCUT2D eigenvalue weighted by Crippen LogP contribution is 2.31. The van der Waals surface area contributed by atoms with Crippen molar-refractivity contribution in [3.8, 4) is 0 Å². The third-order valence-corrected chi connectivity index (χ3v) is 6.50. The van der Waals surface area contributed by atoms with Gasteiger partial charge in [0.1, 0.15) is 6.61 Å². The molecule has 0 aromatic heterocycles. The van der Waals surface area contributed by atoms with E-state index in [1.54, 1.807) is 24.3 Å². The van der Waals surface area contributed by atoms with Crippen LogP contribution in [0.1, 0.15) is 110 Å². The Morgan fingerprint density at radius 2 is 1.19 bits per heavy atom. The molecule has 0 bridgehead atoms. The second-order valence-electron chi connectivity index (χ2n) is 8.66. The van der Waals surface area contributed by atoms with Gasteiger partial charge in [-0.1, -0.05) is 109 Å². The maximum atomic E-state index is 12.8. The van der Waals surface area contributed by atoms with E-state index in [-0.39, 0.29) is 6.61 Å². The molecule has 0 unspecified atom stereocenters. The van der Waals surface area contributed by atoms with E-state index < -0.39 is 17.4 Å². The predicted molar refractivity (Wildman–Crippen MR) is 132 cm³/mol. The number of unbranched alkanes of at least 4 members (excludes halogenated alkanes) is 10. The van der Waals surface area contributed by atoms with Crippen molar-refractivity contribution in [1.29, 1.82) is 0 Å². The van der Waals surface area contributed by atoms with E-state index in [0.717, 1.165) is 18.4 Å². The van der Waals surface area contributed by atoms with Crippen LogP contribution in [0, 0.1) is 5.41 Å². The molecule has 0 aliphatic rings. The number of ether oxygens (including phenoxy) is 2. The van der Waals surface area contributed by atoms with E-state index in [4.69, 9.17) is 21.1 Å². The molecule has 0 spiro atoms. The smallest absolute Gasteiger partial charge is 0.323 e. The summed E-state index contributed by atoms with van der Waals surface area (Å²) in [6, 6.07) is 7.11. The van der Waals surface area contributed by atoms with Gasteiger partial charge in [0.25, 0.3) is 0 Å². The van der Waals surface area contributed by atoms with Gasteiger partial charge < -0.3 is 9.47 Å². The summed E-state index contributed by atoms with van der Waals surface area (Å²) in [6.07, 6.45) is 14.4. The Balaban J connectivity index is 2.28. The summed E-state index contributed by atoms with van der Waals surface area (Å²) < 4.78 is 11.0. The fourth-order valence-electron chi connectivity index (χ4n) is 3.85. The van der Waals surface area contributed by atoms with Crippen LogP contribution in [0.2, 0.25) is 5.02 Å². The molecule has 0 N–H and O–H groups in total. The third kappa shape index (κ3) is 10.4. The summed E-state index contributed by atoms with van der Waals surface area (Å²) in [5.41, 5.74) is -0.400. The molecule has 0 radical (unpaired) electrons. The van der Waals surface area contributed by atoms with Crippen molar-refractivity contribution >= 4 is 23.5 Å². The molecule has 0 aliphatic carbocycles. The molecule has 1 rings (SSSR count). The Morgan fingerprint density at radius 3 is 1.69 bits per heavy atom. The summed E-state index contributed by atoms with van der Waals surface area (Å²) in [4.78, 5) is 25.5. The van der Waals surface area contributed by atoms with Crippen molar-refractivity contribution in [2.75, 3.05) is 6.61 Å². The van der Waals surface area contributed by atoms with Crippen LogP contribution in [-0.2, 0) is 25.7 Å². The molecular formula is C27H43ClO4. The summed E-state index contributed by atoms with van der Waals surface area (Å²) in [5.74, 6) is -0.975. The lowest BCUT2D eigenvalue weighted by molar-refractivity contribution is -0.174. The molecule has 0 atom stereocenters. The fourth-order valence-corrected chi connectivity index (χ4v) is 3.97. The maximum Gasteiger partial charge on any atom is 0.323 e. The highest BCUT2D eigenvalue weighted by Gasteiger charge is 2.45. The van der Waals surface area contributed by atoms with Crippen molar-refractivity contribution in [2.24, 2.45) is 5.41 Å². The summed E-state index contributed by atoms with van der Waals surface area (Å²) in [5, 5.41) is 0.627. The van der Waals surface area contributed by atoms with Gasteiger partial charge in [-0.2, -0.15) is 0 Å². The van der Waals surface area contributed by atoms with Crippen molar-refractivity contribution in [3.63, 3.8) is 0 Å². The van der Waals surface area contributed by atoms with Gasteiger partial charge in [0, 0.05) is 5.02 Å². The molecule has 1 aromatic rings. The van der Waals surface area contributed by atoms with Gasteiger partial charge in [-0.15, -0.1) is 0 Å². The number of halogens is 1. The SMILES string of the molecule is CCCCCCCCCCCCCOC(=O)C(CC)(CC)C(=O)OCc1ccc(Cl)cc1. The predicted octanol–water partition coefficient (Wildman–Crippen LogP) is 8.04. The van der Waals surface area contributed by atoms with Gasteiger partial charge in [0.15, 0.2) is 5.41 Å². The molecule has 0 saturated heterocycles. The Bertz CT molecular complexity index is 638. The molecule has 5 heteroatoms. The minimum atomic E-state index is -1.23. The van der Waals surface area contributed by atoms with Crippen molar-refractivity contribution in [2.45, 2.75) is 111 Å². The van der Waals surface area contributed by atoms with Gasteiger partial charge in [-0.3, -0.25) is 9.59 Å². The molecular weight excluding hydrogens is 424 g/mol. The average molecular weight is 467 g/mol. The first-order valence-corrected chi connectivity index (χ1v) is 13.0. The van der Waals surface area contributed by atoms with E-state index in [9.17, 15) is 9.59 Å². The van der Waals surface area contributed by atoms with Crippen LogP contribution in [0.25, 0.3) is 0 Å². The number of esters is 2. The monoisotopic (exact) mass is 466 g/mol. The minimum absolute atomic E-state index is 0.115. The van der Waals surface area contributed by atoms with Gasteiger partial charge >= 0.3 is 11.9 Å². The second kappa shape index (κ2) is 17.0. The Morgan fingerprint density at radius 1 is 0.719 bits per heavy atom. The van der Waals surface area contributed by atoms with Crippen molar-refractivity contribution in [1.82, 2.24) is 0 Å². The van der Waals surface area contributed by atoms with Gasteiger partial charge in [-0.05, 0) is 37.0 Å². The van der Waals surface area contributed by atoms with Gasteiger partial charge in [0.2, 0.25) is 0 Å². The molecule has 182 valence electrons. The van der Waals surface area contributed by atoms with Crippen LogP contribution in [0.5, 0.6) is 0 Å². The summed E-state index contributed by atoms with van der Waals surface area (Å²) in [6.45, 7) is 6.38. The zero-order valence-electron chi connectivity index (χ0n) is 20.4. The zero-order valence-corrected chi connectivity index (χ0v) is 21.2. The van der Waals surface area contributed by atoms with Crippen LogP contribution < -0.4 is 0 Å². The standard InChI is InChI=1S/C27H43ClO4/c1-4-7-8-9-10-11-12-13-14-15-16-21-31-25(29)27(5-2,6-3)26(30)32-22-23-17-19-24(28)20-18-23/h17-20H,4-16,21-22H2,1-3H3. The number of hydrogen-bond acceptors (Lipinski definition) is 4. The molecule has 32 heavy (non-hydrogen) atoms. The highest BCUT2D eigenvalue weighted by molar-refractivity contribution is 6.30. The Kier molecular flexibility index (Phi) is 15.1. The van der Waals surface area contributed by atoms with Gasteiger partial charge in [-0.25, -0.2) is 0 Å². The Labute approximate surface area is 200 Å². The number of hydrogen-bond donors (Lipinski definition) is 0. The summed E-state index contributed by atoms with van der Waals surface area (Å²) in [7, 11) is 0. The lowest BCUT2D eigenvalue weighted by atomic mass is 9.82.